The molecule has 0 atom stereocenters. The van der Waals surface area contributed by atoms with E-state index in [9.17, 15) is 4.79 Å². The lowest BCUT2D eigenvalue weighted by molar-refractivity contribution is 0.221. The van der Waals surface area contributed by atoms with E-state index in [0.717, 1.165) is 5.56 Å². The molecule has 0 aliphatic carbocycles. The molecule has 100 valence electrons. The van der Waals surface area contributed by atoms with Gasteiger partial charge in [-0.05, 0) is 40.6 Å². The Kier molecular flexibility index (Phi) is 4.69. The molecule has 1 heterocycles. The Morgan fingerprint density at radius 3 is 2.74 bits per heavy atom. The van der Waals surface area contributed by atoms with Crippen LogP contribution in [0.5, 0.6) is 0 Å². The van der Waals surface area contributed by atoms with E-state index in [0.29, 0.717) is 22.3 Å². The van der Waals surface area contributed by atoms with Gasteiger partial charge in [-0.15, -0.1) is 0 Å². The predicted molar refractivity (Wildman–Crippen MR) is 81.3 cm³/mol. The van der Waals surface area contributed by atoms with Crippen molar-refractivity contribution in [3.63, 3.8) is 0 Å². The maximum atomic E-state index is 12.0. The third-order valence-corrected chi connectivity index (χ3v) is 3.99. The number of halogens is 2. The van der Waals surface area contributed by atoms with Crippen molar-refractivity contribution >= 4 is 46.3 Å². The Morgan fingerprint density at radius 1 is 1.32 bits per heavy atom. The fourth-order valence-corrected chi connectivity index (χ4v) is 2.48. The minimum atomic E-state index is -0.190. The zero-order valence-electron chi connectivity index (χ0n) is 10.2. The van der Waals surface area contributed by atoms with Gasteiger partial charge in [-0.2, -0.15) is 11.3 Å². The number of benzene rings is 1. The van der Waals surface area contributed by atoms with Crippen LogP contribution in [0.4, 0.5) is 10.5 Å². The molecule has 2 aromatic rings. The van der Waals surface area contributed by atoms with E-state index < -0.39 is 0 Å². The van der Waals surface area contributed by atoms with Crippen LogP contribution in [0.15, 0.2) is 35.0 Å². The van der Waals surface area contributed by atoms with Crippen molar-refractivity contribution in [2.45, 2.75) is 6.54 Å². The number of rotatable bonds is 3. The molecule has 2 rings (SSSR count). The second-order valence-electron chi connectivity index (χ2n) is 4.05. The molecule has 1 N–H and O–H groups in total. The highest BCUT2D eigenvalue weighted by atomic mass is 35.5. The SMILES string of the molecule is CN(Cc1ccsc1)C(=O)Nc1ccc(Cl)c(Cl)c1. The fourth-order valence-electron chi connectivity index (χ4n) is 1.52. The van der Waals surface area contributed by atoms with Crippen LogP contribution in [0.2, 0.25) is 10.0 Å². The summed E-state index contributed by atoms with van der Waals surface area (Å²) < 4.78 is 0. The van der Waals surface area contributed by atoms with Gasteiger partial charge in [0.05, 0.1) is 10.0 Å². The first-order chi connectivity index (χ1) is 9.06. The molecule has 0 aliphatic heterocycles. The Morgan fingerprint density at radius 2 is 2.11 bits per heavy atom. The number of carbonyl (C=O) groups is 1. The predicted octanol–water partition coefficient (Wildman–Crippen LogP) is 4.72. The molecular formula is C13H12Cl2N2OS. The summed E-state index contributed by atoms with van der Waals surface area (Å²) in [5.74, 6) is 0. The molecular weight excluding hydrogens is 303 g/mol. The molecule has 2 amide bonds. The van der Waals surface area contributed by atoms with Crippen molar-refractivity contribution < 1.29 is 4.79 Å². The molecule has 1 aromatic heterocycles. The van der Waals surface area contributed by atoms with Crippen molar-refractivity contribution in [1.29, 1.82) is 0 Å². The minimum Gasteiger partial charge on any atom is -0.323 e. The summed E-state index contributed by atoms with van der Waals surface area (Å²) in [5, 5.41) is 7.65. The normalized spacial score (nSPS) is 10.3. The third kappa shape index (κ3) is 3.86. The first-order valence-electron chi connectivity index (χ1n) is 5.54. The van der Waals surface area contributed by atoms with Crippen molar-refractivity contribution in [1.82, 2.24) is 4.90 Å². The van der Waals surface area contributed by atoms with Crippen LogP contribution in [0, 0.1) is 0 Å². The number of hydrogen-bond donors (Lipinski definition) is 1. The van der Waals surface area contributed by atoms with Gasteiger partial charge in [0, 0.05) is 19.3 Å². The molecule has 3 nitrogen and oxygen atoms in total. The third-order valence-electron chi connectivity index (χ3n) is 2.52. The van der Waals surface area contributed by atoms with Gasteiger partial charge in [0.25, 0.3) is 0 Å². The quantitative estimate of drug-likeness (QED) is 0.873. The van der Waals surface area contributed by atoms with E-state index in [-0.39, 0.29) is 6.03 Å². The molecule has 19 heavy (non-hydrogen) atoms. The van der Waals surface area contributed by atoms with E-state index in [4.69, 9.17) is 23.2 Å². The van der Waals surface area contributed by atoms with Gasteiger partial charge >= 0.3 is 6.03 Å². The summed E-state index contributed by atoms with van der Waals surface area (Å²) in [5.41, 5.74) is 1.73. The van der Waals surface area contributed by atoms with E-state index in [1.807, 2.05) is 16.8 Å². The van der Waals surface area contributed by atoms with Crippen LogP contribution in [0.25, 0.3) is 0 Å². The topological polar surface area (TPSA) is 32.3 Å². The summed E-state index contributed by atoms with van der Waals surface area (Å²) >= 11 is 13.3. The van der Waals surface area contributed by atoms with Crippen LogP contribution in [-0.4, -0.2) is 18.0 Å². The number of nitrogens with one attached hydrogen (secondary N) is 1. The number of nitrogens with zero attached hydrogens (tertiary/aromatic N) is 1. The Labute approximate surface area is 125 Å². The Balaban J connectivity index is 1.98. The first-order valence-corrected chi connectivity index (χ1v) is 7.24. The minimum absolute atomic E-state index is 0.190. The van der Waals surface area contributed by atoms with Gasteiger partial charge in [0.1, 0.15) is 0 Å². The smallest absolute Gasteiger partial charge is 0.321 e. The maximum Gasteiger partial charge on any atom is 0.321 e. The zero-order valence-corrected chi connectivity index (χ0v) is 12.5. The van der Waals surface area contributed by atoms with Gasteiger partial charge in [-0.25, -0.2) is 4.79 Å². The molecule has 0 bridgehead atoms. The van der Waals surface area contributed by atoms with Crippen LogP contribution < -0.4 is 5.32 Å². The number of hydrogen-bond acceptors (Lipinski definition) is 2. The molecule has 0 unspecified atom stereocenters. The number of carbonyl (C=O) groups excluding carboxylic acids is 1. The van der Waals surface area contributed by atoms with Crippen molar-refractivity contribution in [2.24, 2.45) is 0 Å². The van der Waals surface area contributed by atoms with E-state index in [2.05, 4.69) is 5.32 Å². The largest absolute Gasteiger partial charge is 0.323 e. The average molecular weight is 315 g/mol. The molecule has 0 aliphatic rings. The molecule has 1 aromatic carbocycles. The monoisotopic (exact) mass is 314 g/mol. The Hall–Kier alpha value is -1.23. The number of anilines is 1. The number of amides is 2. The number of thiophene rings is 1. The first kappa shape index (κ1) is 14.2. The summed E-state index contributed by atoms with van der Waals surface area (Å²) in [7, 11) is 1.74. The second kappa shape index (κ2) is 6.28. The van der Waals surface area contributed by atoms with Gasteiger partial charge in [-0.1, -0.05) is 23.2 Å². The van der Waals surface area contributed by atoms with E-state index in [1.54, 1.807) is 41.5 Å². The highest BCUT2D eigenvalue weighted by Crippen LogP contribution is 2.25. The highest BCUT2D eigenvalue weighted by molar-refractivity contribution is 7.07. The van der Waals surface area contributed by atoms with Gasteiger partial charge < -0.3 is 10.2 Å². The summed E-state index contributed by atoms with van der Waals surface area (Å²) in [6.45, 7) is 0.566. The van der Waals surface area contributed by atoms with Crippen molar-refractivity contribution in [3.05, 3.63) is 50.6 Å². The van der Waals surface area contributed by atoms with Gasteiger partial charge in [-0.3, -0.25) is 0 Å². The Bertz CT molecular complexity index is 572. The summed E-state index contributed by atoms with van der Waals surface area (Å²) in [4.78, 5) is 13.6. The fraction of sp³-hybridized carbons (Fsp3) is 0.154. The molecule has 0 radical (unpaired) electrons. The lowest BCUT2D eigenvalue weighted by Gasteiger charge is -2.17. The van der Waals surface area contributed by atoms with Gasteiger partial charge in [0.15, 0.2) is 0 Å². The molecule has 0 fully saturated rings. The van der Waals surface area contributed by atoms with Gasteiger partial charge in [0.2, 0.25) is 0 Å². The molecule has 0 spiro atoms. The van der Waals surface area contributed by atoms with E-state index in [1.165, 1.54) is 0 Å². The van der Waals surface area contributed by atoms with Crippen LogP contribution in [0.3, 0.4) is 0 Å². The van der Waals surface area contributed by atoms with Crippen LogP contribution in [-0.2, 0) is 6.54 Å². The second-order valence-corrected chi connectivity index (χ2v) is 5.64. The van der Waals surface area contributed by atoms with Crippen molar-refractivity contribution in [3.8, 4) is 0 Å². The molecule has 6 heteroatoms. The highest BCUT2D eigenvalue weighted by Gasteiger charge is 2.10. The average Bonchev–Trinajstić information content (AvgIpc) is 2.86. The lowest BCUT2D eigenvalue weighted by atomic mass is 10.3. The summed E-state index contributed by atoms with van der Waals surface area (Å²) in [6, 6.07) is 6.79. The molecule has 0 saturated carbocycles. The molecule has 0 saturated heterocycles. The maximum absolute atomic E-state index is 12.0. The lowest BCUT2D eigenvalue weighted by Crippen LogP contribution is -2.30. The number of urea groups is 1. The standard InChI is InChI=1S/C13H12Cl2N2OS/c1-17(7-9-4-5-19-8-9)13(18)16-10-2-3-11(14)12(15)6-10/h2-6,8H,7H2,1H3,(H,16,18). The van der Waals surface area contributed by atoms with Crippen LogP contribution in [0.1, 0.15) is 5.56 Å². The van der Waals surface area contributed by atoms with Crippen LogP contribution >= 0.6 is 34.5 Å². The zero-order chi connectivity index (χ0) is 13.8. The van der Waals surface area contributed by atoms with E-state index >= 15 is 0 Å². The summed E-state index contributed by atoms with van der Waals surface area (Å²) in [6.07, 6.45) is 0. The van der Waals surface area contributed by atoms with Crippen molar-refractivity contribution in [2.75, 3.05) is 12.4 Å².